The highest BCUT2D eigenvalue weighted by atomic mass is 16.5. The van der Waals surface area contributed by atoms with Crippen LogP contribution in [0, 0.1) is 13.8 Å². The normalized spacial score (nSPS) is 15.5. The van der Waals surface area contributed by atoms with Gasteiger partial charge in [0.05, 0.1) is 42.7 Å². The Balaban J connectivity index is 1.54. The Labute approximate surface area is 150 Å². The Morgan fingerprint density at radius 2 is 2.04 bits per heavy atom. The number of nitrogens with zero attached hydrogens (tertiary/aromatic N) is 3. The molecule has 8 nitrogen and oxygen atoms in total. The van der Waals surface area contributed by atoms with Gasteiger partial charge in [-0.3, -0.25) is 14.8 Å². The van der Waals surface area contributed by atoms with Crippen LogP contribution >= 0.6 is 0 Å². The summed E-state index contributed by atoms with van der Waals surface area (Å²) in [6.45, 7) is 7.36. The van der Waals surface area contributed by atoms with Gasteiger partial charge in [-0.05, 0) is 37.1 Å². The number of H-pyrrole nitrogens is 2. The SMILES string of the molecule is Cc1cc2nc(-c3[nH]ncc3NC(=O)CN3CCOCC3)[nH]c2cc1C. The lowest BCUT2D eigenvalue weighted by Gasteiger charge is -2.25. The van der Waals surface area contributed by atoms with E-state index in [0.29, 0.717) is 37.0 Å². The summed E-state index contributed by atoms with van der Waals surface area (Å²) in [4.78, 5) is 22.4. The summed E-state index contributed by atoms with van der Waals surface area (Å²) in [5, 5.41) is 9.93. The number of anilines is 1. The molecule has 0 unspecified atom stereocenters. The predicted octanol–water partition coefficient (Wildman–Crippen LogP) is 1.84. The molecule has 1 aliphatic rings. The van der Waals surface area contributed by atoms with E-state index in [2.05, 4.69) is 56.4 Å². The van der Waals surface area contributed by atoms with Crippen LogP contribution in [0.15, 0.2) is 18.3 Å². The molecular formula is C18H22N6O2. The number of morpholine rings is 1. The molecule has 1 aromatic carbocycles. The average Bonchev–Trinajstić information content (AvgIpc) is 3.22. The number of amides is 1. The number of fused-ring (bicyclic) bond motifs is 1. The molecule has 0 radical (unpaired) electrons. The Bertz CT molecular complexity index is 899. The first-order valence-corrected chi connectivity index (χ1v) is 8.71. The van der Waals surface area contributed by atoms with Crippen LogP contribution in [0.25, 0.3) is 22.6 Å². The molecule has 3 N–H and O–H groups in total. The number of benzene rings is 1. The zero-order valence-electron chi connectivity index (χ0n) is 14.9. The molecular weight excluding hydrogens is 332 g/mol. The maximum absolute atomic E-state index is 12.4. The molecule has 1 aliphatic heterocycles. The number of nitrogens with one attached hydrogen (secondary N) is 3. The minimum Gasteiger partial charge on any atom is -0.379 e. The first-order chi connectivity index (χ1) is 12.6. The molecule has 3 heterocycles. The highest BCUT2D eigenvalue weighted by molar-refractivity contribution is 5.95. The van der Waals surface area contributed by atoms with Gasteiger partial charge in [0.1, 0.15) is 5.69 Å². The van der Waals surface area contributed by atoms with Gasteiger partial charge in [-0.2, -0.15) is 5.10 Å². The van der Waals surface area contributed by atoms with E-state index < -0.39 is 0 Å². The first kappa shape index (κ1) is 16.7. The van der Waals surface area contributed by atoms with Crippen molar-refractivity contribution in [2.45, 2.75) is 13.8 Å². The fourth-order valence-electron chi connectivity index (χ4n) is 3.10. The van der Waals surface area contributed by atoms with Gasteiger partial charge in [0, 0.05) is 13.1 Å². The summed E-state index contributed by atoms with van der Waals surface area (Å²) in [6.07, 6.45) is 1.61. The molecule has 0 spiro atoms. The van der Waals surface area contributed by atoms with Gasteiger partial charge in [-0.1, -0.05) is 0 Å². The molecule has 4 rings (SSSR count). The number of rotatable bonds is 4. The van der Waals surface area contributed by atoms with Crippen molar-refractivity contribution in [3.63, 3.8) is 0 Å². The van der Waals surface area contributed by atoms with Crippen LogP contribution in [0.1, 0.15) is 11.1 Å². The summed E-state index contributed by atoms with van der Waals surface area (Å²) in [5.41, 5.74) is 5.55. The molecule has 8 heteroatoms. The number of carbonyl (C=O) groups excluding carboxylic acids is 1. The van der Waals surface area contributed by atoms with Crippen molar-refractivity contribution in [2.24, 2.45) is 0 Å². The quantitative estimate of drug-likeness (QED) is 0.664. The van der Waals surface area contributed by atoms with Crippen LogP contribution < -0.4 is 5.32 Å². The van der Waals surface area contributed by atoms with Gasteiger partial charge in [-0.25, -0.2) is 4.98 Å². The number of ether oxygens (including phenoxy) is 1. The van der Waals surface area contributed by atoms with Crippen molar-refractivity contribution < 1.29 is 9.53 Å². The van der Waals surface area contributed by atoms with E-state index in [9.17, 15) is 4.79 Å². The van der Waals surface area contributed by atoms with E-state index in [1.54, 1.807) is 6.20 Å². The second-order valence-electron chi connectivity index (χ2n) is 6.63. The smallest absolute Gasteiger partial charge is 0.238 e. The third kappa shape index (κ3) is 3.33. The Morgan fingerprint density at radius 3 is 2.85 bits per heavy atom. The van der Waals surface area contributed by atoms with Crippen molar-refractivity contribution in [1.29, 1.82) is 0 Å². The monoisotopic (exact) mass is 354 g/mol. The predicted molar refractivity (Wildman–Crippen MR) is 99.0 cm³/mol. The minimum atomic E-state index is -0.0719. The minimum absolute atomic E-state index is 0.0719. The second kappa shape index (κ2) is 6.89. The fraction of sp³-hybridized carbons (Fsp3) is 0.389. The van der Waals surface area contributed by atoms with Crippen molar-refractivity contribution in [3.8, 4) is 11.5 Å². The zero-order chi connectivity index (χ0) is 18.1. The molecule has 2 aromatic heterocycles. The summed E-state index contributed by atoms with van der Waals surface area (Å²) in [5.74, 6) is 0.585. The van der Waals surface area contributed by atoms with Crippen molar-refractivity contribution in [2.75, 3.05) is 38.2 Å². The molecule has 0 bridgehead atoms. The number of hydrogen-bond donors (Lipinski definition) is 3. The van der Waals surface area contributed by atoms with Crippen LogP contribution in [0.4, 0.5) is 5.69 Å². The summed E-state index contributed by atoms with van der Waals surface area (Å²) < 4.78 is 5.31. The molecule has 1 fully saturated rings. The molecule has 0 saturated carbocycles. The molecule has 26 heavy (non-hydrogen) atoms. The Kier molecular flexibility index (Phi) is 4.44. The number of aromatic amines is 2. The molecule has 1 saturated heterocycles. The summed E-state index contributed by atoms with van der Waals surface area (Å²) in [7, 11) is 0. The number of hydrogen-bond acceptors (Lipinski definition) is 5. The van der Waals surface area contributed by atoms with Gasteiger partial charge in [-0.15, -0.1) is 0 Å². The second-order valence-corrected chi connectivity index (χ2v) is 6.63. The maximum Gasteiger partial charge on any atom is 0.238 e. The molecule has 0 atom stereocenters. The average molecular weight is 354 g/mol. The van der Waals surface area contributed by atoms with Gasteiger partial charge in [0.2, 0.25) is 5.91 Å². The van der Waals surface area contributed by atoms with E-state index in [1.165, 1.54) is 11.1 Å². The first-order valence-electron chi connectivity index (χ1n) is 8.71. The number of aryl methyl sites for hydroxylation is 2. The third-order valence-corrected chi connectivity index (χ3v) is 4.72. The highest BCUT2D eigenvalue weighted by Gasteiger charge is 2.18. The number of imidazole rings is 1. The van der Waals surface area contributed by atoms with Crippen LogP contribution in [-0.4, -0.2) is 63.8 Å². The van der Waals surface area contributed by atoms with Crippen LogP contribution in [0.2, 0.25) is 0 Å². The third-order valence-electron chi connectivity index (χ3n) is 4.72. The molecule has 3 aromatic rings. The Morgan fingerprint density at radius 1 is 1.27 bits per heavy atom. The Hall–Kier alpha value is -2.71. The lowest BCUT2D eigenvalue weighted by Crippen LogP contribution is -2.41. The number of aromatic nitrogens is 4. The van der Waals surface area contributed by atoms with Gasteiger partial charge < -0.3 is 15.0 Å². The zero-order valence-corrected chi connectivity index (χ0v) is 14.9. The van der Waals surface area contributed by atoms with Crippen LogP contribution in [0.5, 0.6) is 0 Å². The highest BCUT2D eigenvalue weighted by Crippen LogP contribution is 2.26. The van der Waals surface area contributed by atoms with Gasteiger partial charge >= 0.3 is 0 Å². The van der Waals surface area contributed by atoms with Crippen LogP contribution in [0.3, 0.4) is 0 Å². The van der Waals surface area contributed by atoms with E-state index in [-0.39, 0.29) is 5.91 Å². The molecule has 136 valence electrons. The standard InChI is InChI=1S/C18H22N6O2/c1-11-7-13-14(8-12(11)2)22-18(21-13)17-15(9-19-23-17)20-16(25)10-24-3-5-26-6-4-24/h7-9H,3-6,10H2,1-2H3,(H,19,23)(H,20,25)(H,21,22). The fourth-order valence-corrected chi connectivity index (χ4v) is 3.10. The van der Waals surface area contributed by atoms with Crippen molar-refractivity contribution in [1.82, 2.24) is 25.1 Å². The lowest BCUT2D eigenvalue weighted by molar-refractivity contribution is -0.118. The van der Waals surface area contributed by atoms with E-state index in [1.807, 2.05) is 0 Å². The van der Waals surface area contributed by atoms with Crippen molar-refractivity contribution in [3.05, 3.63) is 29.5 Å². The number of carbonyl (C=O) groups is 1. The largest absolute Gasteiger partial charge is 0.379 e. The lowest BCUT2D eigenvalue weighted by atomic mass is 10.1. The van der Waals surface area contributed by atoms with Crippen LogP contribution in [-0.2, 0) is 9.53 Å². The van der Waals surface area contributed by atoms with Crippen molar-refractivity contribution >= 4 is 22.6 Å². The summed E-state index contributed by atoms with van der Waals surface area (Å²) >= 11 is 0. The van der Waals surface area contributed by atoms with E-state index in [4.69, 9.17) is 4.74 Å². The van der Waals surface area contributed by atoms with Gasteiger partial charge in [0.15, 0.2) is 5.82 Å². The summed E-state index contributed by atoms with van der Waals surface area (Å²) in [6, 6.07) is 4.13. The van der Waals surface area contributed by atoms with E-state index >= 15 is 0 Å². The maximum atomic E-state index is 12.4. The topological polar surface area (TPSA) is 98.9 Å². The van der Waals surface area contributed by atoms with Gasteiger partial charge in [0.25, 0.3) is 0 Å². The molecule has 0 aliphatic carbocycles. The van der Waals surface area contributed by atoms with E-state index in [0.717, 1.165) is 24.1 Å². The molecule has 1 amide bonds.